The molecule has 1 fully saturated rings. The van der Waals surface area contributed by atoms with Crippen molar-refractivity contribution in [3.05, 3.63) is 35.9 Å². The molecule has 0 spiro atoms. The Kier molecular flexibility index (Phi) is 5.75. The summed E-state index contributed by atoms with van der Waals surface area (Å²) in [4.78, 5) is 24.6. The van der Waals surface area contributed by atoms with E-state index in [1.165, 1.54) is 4.90 Å². The summed E-state index contributed by atoms with van der Waals surface area (Å²) in [6.45, 7) is 0.862. The lowest BCUT2D eigenvalue weighted by atomic mass is 10.1. The van der Waals surface area contributed by atoms with E-state index in [1.54, 1.807) is 0 Å². The maximum atomic E-state index is 12.2. The third-order valence-corrected chi connectivity index (χ3v) is 3.62. The first-order valence-corrected chi connectivity index (χ1v) is 7.30. The van der Waals surface area contributed by atoms with Gasteiger partial charge in [0.2, 0.25) is 5.91 Å². The third-order valence-electron chi connectivity index (χ3n) is 3.62. The number of benzene rings is 1. The zero-order chi connectivity index (χ0) is 15.1. The molecule has 0 saturated carbocycles. The molecule has 5 nitrogen and oxygen atoms in total. The van der Waals surface area contributed by atoms with Gasteiger partial charge in [0.25, 0.3) is 0 Å². The second-order valence-electron chi connectivity index (χ2n) is 5.28. The Hall–Kier alpha value is -1.88. The molecule has 1 aromatic carbocycles. The number of hydrogen-bond acceptors (Lipinski definition) is 3. The number of hydrogen-bond donors (Lipinski definition) is 1. The van der Waals surface area contributed by atoms with Crippen molar-refractivity contribution in [1.82, 2.24) is 4.90 Å². The lowest BCUT2D eigenvalue weighted by Gasteiger charge is -2.22. The van der Waals surface area contributed by atoms with Crippen LogP contribution in [0.5, 0.6) is 0 Å². The van der Waals surface area contributed by atoms with Crippen molar-refractivity contribution < 1.29 is 19.4 Å². The van der Waals surface area contributed by atoms with Crippen molar-refractivity contribution in [2.24, 2.45) is 0 Å². The van der Waals surface area contributed by atoms with Gasteiger partial charge in [0, 0.05) is 13.2 Å². The van der Waals surface area contributed by atoms with E-state index in [1.807, 2.05) is 30.3 Å². The average Bonchev–Trinajstić information content (AvgIpc) is 2.97. The van der Waals surface area contributed by atoms with Gasteiger partial charge in [-0.05, 0) is 24.8 Å². The summed E-state index contributed by atoms with van der Waals surface area (Å²) in [7, 11) is 0. The maximum Gasteiger partial charge on any atom is 0.323 e. The van der Waals surface area contributed by atoms with Gasteiger partial charge in [-0.1, -0.05) is 30.3 Å². The first kappa shape index (κ1) is 15.5. The molecule has 0 radical (unpaired) electrons. The normalized spacial score (nSPS) is 17.6. The van der Waals surface area contributed by atoms with Crippen LogP contribution < -0.4 is 0 Å². The Morgan fingerprint density at radius 3 is 2.67 bits per heavy atom. The van der Waals surface area contributed by atoms with Crippen LogP contribution in [0.4, 0.5) is 0 Å². The molecule has 1 N–H and O–H groups in total. The van der Waals surface area contributed by atoms with Crippen molar-refractivity contribution in [3.8, 4) is 0 Å². The molecule has 1 aromatic rings. The van der Waals surface area contributed by atoms with Crippen LogP contribution in [-0.2, 0) is 20.7 Å². The van der Waals surface area contributed by atoms with E-state index >= 15 is 0 Å². The molecule has 1 unspecified atom stereocenters. The number of carboxylic acid groups (broad SMARTS) is 1. The summed E-state index contributed by atoms with van der Waals surface area (Å²) >= 11 is 0. The molecule has 1 heterocycles. The fraction of sp³-hybridized carbons (Fsp3) is 0.500. The second-order valence-corrected chi connectivity index (χ2v) is 5.28. The van der Waals surface area contributed by atoms with Crippen LogP contribution in [-0.4, -0.2) is 47.7 Å². The van der Waals surface area contributed by atoms with Gasteiger partial charge in [-0.25, -0.2) is 0 Å². The second kappa shape index (κ2) is 7.78. The minimum Gasteiger partial charge on any atom is -0.480 e. The molecule has 1 aliphatic rings. The highest BCUT2D eigenvalue weighted by Crippen LogP contribution is 2.16. The molecular formula is C16H21NO4. The van der Waals surface area contributed by atoms with Gasteiger partial charge in [0.05, 0.1) is 12.5 Å². The van der Waals surface area contributed by atoms with Crippen molar-refractivity contribution in [2.75, 3.05) is 19.7 Å². The largest absolute Gasteiger partial charge is 0.480 e. The van der Waals surface area contributed by atoms with E-state index in [2.05, 4.69) is 0 Å². The molecule has 1 aliphatic heterocycles. The predicted molar refractivity (Wildman–Crippen MR) is 78.0 cm³/mol. The molecule has 0 aliphatic carbocycles. The van der Waals surface area contributed by atoms with Crippen LogP contribution >= 0.6 is 0 Å². The van der Waals surface area contributed by atoms with Crippen molar-refractivity contribution >= 4 is 11.9 Å². The Morgan fingerprint density at radius 1 is 1.29 bits per heavy atom. The molecule has 21 heavy (non-hydrogen) atoms. The van der Waals surface area contributed by atoms with Gasteiger partial charge in [-0.2, -0.15) is 0 Å². The molecule has 5 heteroatoms. The molecule has 0 bridgehead atoms. The van der Waals surface area contributed by atoms with E-state index < -0.39 is 5.97 Å². The third kappa shape index (κ3) is 5.19. The number of nitrogens with zero attached hydrogens (tertiary/aromatic N) is 1. The summed E-state index contributed by atoms with van der Waals surface area (Å²) in [6.07, 6.45) is 2.74. The highest BCUT2D eigenvalue weighted by Gasteiger charge is 2.23. The summed E-state index contributed by atoms with van der Waals surface area (Å²) < 4.78 is 5.45. The minimum absolute atomic E-state index is 0.0504. The van der Waals surface area contributed by atoms with E-state index in [0.29, 0.717) is 19.6 Å². The first-order valence-electron chi connectivity index (χ1n) is 7.30. The van der Waals surface area contributed by atoms with Crippen LogP contribution in [0.15, 0.2) is 30.3 Å². The SMILES string of the molecule is O=C(O)CN(CCc1ccccc1)C(=O)CC1CCCO1. The van der Waals surface area contributed by atoms with E-state index in [4.69, 9.17) is 9.84 Å². The van der Waals surface area contributed by atoms with Crippen LogP contribution in [0, 0.1) is 0 Å². The number of amides is 1. The Bertz CT molecular complexity index is 468. The number of aliphatic carboxylic acids is 1. The van der Waals surface area contributed by atoms with Crippen molar-refractivity contribution in [2.45, 2.75) is 31.8 Å². The zero-order valence-corrected chi connectivity index (χ0v) is 12.0. The molecule has 2 rings (SSSR count). The number of carbonyl (C=O) groups excluding carboxylic acids is 1. The van der Waals surface area contributed by atoms with Crippen LogP contribution in [0.25, 0.3) is 0 Å². The summed E-state index contributed by atoms with van der Waals surface area (Å²) in [5, 5.41) is 8.97. The topological polar surface area (TPSA) is 66.8 Å². The standard InChI is InChI=1S/C16H21NO4/c18-15(11-14-7-4-10-21-14)17(12-16(19)20)9-8-13-5-2-1-3-6-13/h1-3,5-6,14H,4,7-12H2,(H,19,20). The average molecular weight is 291 g/mol. The van der Waals surface area contributed by atoms with Gasteiger partial charge in [-0.15, -0.1) is 0 Å². The van der Waals surface area contributed by atoms with Crippen LogP contribution in [0.3, 0.4) is 0 Å². The molecule has 1 saturated heterocycles. The zero-order valence-electron chi connectivity index (χ0n) is 12.0. The number of rotatable bonds is 7. The Balaban J connectivity index is 1.89. The molecule has 1 amide bonds. The first-order chi connectivity index (χ1) is 10.1. The maximum absolute atomic E-state index is 12.2. The number of carboxylic acids is 1. The van der Waals surface area contributed by atoms with E-state index in [0.717, 1.165) is 18.4 Å². The lowest BCUT2D eigenvalue weighted by molar-refractivity contribution is -0.145. The van der Waals surface area contributed by atoms with Crippen LogP contribution in [0.1, 0.15) is 24.8 Å². The van der Waals surface area contributed by atoms with Crippen LogP contribution in [0.2, 0.25) is 0 Å². The molecular weight excluding hydrogens is 270 g/mol. The molecule has 114 valence electrons. The summed E-state index contributed by atoms with van der Waals surface area (Å²) in [5.41, 5.74) is 1.10. The van der Waals surface area contributed by atoms with E-state index in [-0.39, 0.29) is 25.0 Å². The predicted octanol–water partition coefficient (Wildman–Crippen LogP) is 1.71. The minimum atomic E-state index is -0.983. The molecule has 0 aromatic heterocycles. The quantitative estimate of drug-likeness (QED) is 0.830. The number of ether oxygens (including phenoxy) is 1. The van der Waals surface area contributed by atoms with Gasteiger partial charge >= 0.3 is 5.97 Å². The van der Waals surface area contributed by atoms with Gasteiger partial charge in [0.1, 0.15) is 6.54 Å². The van der Waals surface area contributed by atoms with Gasteiger partial charge in [0.15, 0.2) is 0 Å². The van der Waals surface area contributed by atoms with E-state index in [9.17, 15) is 9.59 Å². The van der Waals surface area contributed by atoms with Gasteiger partial charge in [-0.3, -0.25) is 9.59 Å². The fourth-order valence-electron chi connectivity index (χ4n) is 2.49. The Labute approximate surface area is 124 Å². The highest BCUT2D eigenvalue weighted by molar-refractivity contribution is 5.81. The molecule has 1 atom stereocenters. The van der Waals surface area contributed by atoms with Gasteiger partial charge < -0.3 is 14.7 Å². The van der Waals surface area contributed by atoms with Crippen molar-refractivity contribution in [3.63, 3.8) is 0 Å². The smallest absolute Gasteiger partial charge is 0.323 e. The lowest BCUT2D eigenvalue weighted by Crippen LogP contribution is -2.38. The monoisotopic (exact) mass is 291 g/mol. The number of carbonyl (C=O) groups is 2. The summed E-state index contributed by atoms with van der Waals surface area (Å²) in [6, 6.07) is 9.75. The highest BCUT2D eigenvalue weighted by atomic mass is 16.5. The van der Waals surface area contributed by atoms with Crippen molar-refractivity contribution in [1.29, 1.82) is 0 Å². The summed E-state index contributed by atoms with van der Waals surface area (Å²) in [5.74, 6) is -1.12. The fourth-order valence-corrected chi connectivity index (χ4v) is 2.49. The Morgan fingerprint density at radius 2 is 2.05 bits per heavy atom.